The molecule has 0 aliphatic rings. The van der Waals surface area contributed by atoms with Crippen molar-refractivity contribution in [3.63, 3.8) is 0 Å². The number of hydrogen-bond donors (Lipinski definition) is 3. The van der Waals surface area contributed by atoms with E-state index in [1.807, 2.05) is 0 Å². The third-order valence-corrected chi connectivity index (χ3v) is 2.17. The molecule has 1 aromatic rings. The van der Waals surface area contributed by atoms with E-state index in [9.17, 15) is 0 Å². The molecule has 1 rings (SSSR count). The van der Waals surface area contributed by atoms with Gasteiger partial charge in [-0.1, -0.05) is 21.1 Å². The summed E-state index contributed by atoms with van der Waals surface area (Å²) in [5.74, 6) is 0.421. The molecule has 0 atom stereocenters. The third kappa shape index (κ3) is 3.10. The predicted molar refractivity (Wildman–Crippen MR) is 59.2 cm³/mol. The zero-order valence-electron chi connectivity index (χ0n) is 7.85. The van der Waals surface area contributed by atoms with Crippen LogP contribution in [0.3, 0.4) is 0 Å². The van der Waals surface area contributed by atoms with Gasteiger partial charge in [0.2, 0.25) is 0 Å². The highest BCUT2D eigenvalue weighted by molar-refractivity contribution is 9.10. The molecule has 0 heterocycles. The molecule has 82 valence electrons. The van der Waals surface area contributed by atoms with Crippen molar-refractivity contribution < 1.29 is 15.1 Å². The molecule has 0 amide bonds. The van der Waals surface area contributed by atoms with Crippen LogP contribution >= 0.6 is 15.9 Å². The molecule has 0 aromatic heterocycles. The highest BCUT2D eigenvalue weighted by Crippen LogP contribution is 2.23. The highest BCUT2D eigenvalue weighted by atomic mass is 79.9. The number of aliphatic hydroxyl groups excluding tert-OH is 1. The number of rotatable bonds is 4. The minimum absolute atomic E-state index is 0.0320. The van der Waals surface area contributed by atoms with E-state index in [1.54, 1.807) is 18.2 Å². The Morgan fingerprint density at radius 3 is 2.87 bits per heavy atom. The minimum atomic E-state index is -0.0951. The summed E-state index contributed by atoms with van der Waals surface area (Å²) in [6.45, 7) is 0.0598. The Balaban J connectivity index is 3.03. The van der Waals surface area contributed by atoms with Crippen LogP contribution in [0.2, 0.25) is 0 Å². The molecule has 0 unspecified atom stereocenters. The van der Waals surface area contributed by atoms with Crippen LogP contribution in [0.5, 0.6) is 5.75 Å². The largest absolute Gasteiger partial charge is 0.490 e. The molecule has 0 fully saturated rings. The molecule has 5 nitrogen and oxygen atoms in total. The summed E-state index contributed by atoms with van der Waals surface area (Å²) in [5, 5.41) is 20.1. The van der Waals surface area contributed by atoms with Crippen molar-refractivity contribution in [2.24, 2.45) is 10.9 Å². The first-order valence-corrected chi connectivity index (χ1v) is 4.99. The van der Waals surface area contributed by atoms with Gasteiger partial charge >= 0.3 is 0 Å². The van der Waals surface area contributed by atoms with Gasteiger partial charge in [-0.25, -0.2) is 0 Å². The summed E-state index contributed by atoms with van der Waals surface area (Å²) in [5.41, 5.74) is 5.94. The van der Waals surface area contributed by atoms with E-state index in [2.05, 4.69) is 21.1 Å². The fraction of sp³-hybridized carbons (Fsp3) is 0.222. The number of hydrogen-bond acceptors (Lipinski definition) is 4. The topological polar surface area (TPSA) is 88.1 Å². The van der Waals surface area contributed by atoms with E-state index >= 15 is 0 Å². The first-order chi connectivity index (χ1) is 7.19. The smallest absolute Gasteiger partial charge is 0.173 e. The maximum absolute atomic E-state index is 8.64. The van der Waals surface area contributed by atoms with Gasteiger partial charge < -0.3 is 20.8 Å². The standard InChI is InChI=1S/C9H11BrN2O3/c10-6-1-2-7(9(11)12-14)8(5-6)15-4-3-13/h1-2,5,13-14H,3-4H2,(H2,11,12). The average Bonchev–Trinajstić information content (AvgIpc) is 2.25. The number of aliphatic hydroxyl groups is 1. The molecule has 0 radical (unpaired) electrons. The molecule has 0 bridgehead atoms. The van der Waals surface area contributed by atoms with Gasteiger partial charge in [-0.3, -0.25) is 0 Å². The van der Waals surface area contributed by atoms with Crippen molar-refractivity contribution >= 4 is 21.8 Å². The monoisotopic (exact) mass is 274 g/mol. The first kappa shape index (κ1) is 11.8. The average molecular weight is 275 g/mol. The Labute approximate surface area is 95.3 Å². The van der Waals surface area contributed by atoms with E-state index < -0.39 is 0 Å². The molecular weight excluding hydrogens is 264 g/mol. The Hall–Kier alpha value is -1.27. The molecule has 0 spiro atoms. The lowest BCUT2D eigenvalue weighted by Crippen LogP contribution is -2.15. The number of halogens is 1. The number of oxime groups is 1. The third-order valence-electron chi connectivity index (χ3n) is 1.68. The first-order valence-electron chi connectivity index (χ1n) is 4.20. The second-order valence-electron chi connectivity index (χ2n) is 2.70. The zero-order valence-corrected chi connectivity index (χ0v) is 9.44. The van der Waals surface area contributed by atoms with Crippen molar-refractivity contribution in [3.8, 4) is 5.75 Å². The van der Waals surface area contributed by atoms with Crippen LogP contribution in [0.1, 0.15) is 5.56 Å². The van der Waals surface area contributed by atoms with E-state index in [0.29, 0.717) is 11.3 Å². The summed E-state index contributed by atoms with van der Waals surface area (Å²) in [7, 11) is 0. The molecule has 6 heteroatoms. The molecule has 0 saturated heterocycles. The van der Waals surface area contributed by atoms with Crippen molar-refractivity contribution in [3.05, 3.63) is 28.2 Å². The van der Waals surface area contributed by atoms with Gasteiger partial charge in [0.25, 0.3) is 0 Å². The highest BCUT2D eigenvalue weighted by Gasteiger charge is 2.08. The number of nitrogens with zero attached hydrogens (tertiary/aromatic N) is 1. The molecule has 4 N–H and O–H groups in total. The van der Waals surface area contributed by atoms with Gasteiger partial charge in [-0.2, -0.15) is 0 Å². The maximum atomic E-state index is 8.64. The quantitative estimate of drug-likeness (QED) is 0.330. The van der Waals surface area contributed by atoms with E-state index in [0.717, 1.165) is 4.47 Å². The van der Waals surface area contributed by atoms with Crippen molar-refractivity contribution in [2.75, 3.05) is 13.2 Å². The SMILES string of the molecule is N/C(=N/O)c1ccc(Br)cc1OCCO. The molecular formula is C9H11BrN2O3. The normalized spacial score (nSPS) is 11.5. The molecule has 0 aliphatic carbocycles. The second kappa shape index (κ2) is 5.57. The zero-order chi connectivity index (χ0) is 11.3. The van der Waals surface area contributed by atoms with Crippen LogP contribution in [-0.2, 0) is 0 Å². The molecule has 0 saturated carbocycles. The van der Waals surface area contributed by atoms with Gasteiger partial charge in [-0.15, -0.1) is 0 Å². The van der Waals surface area contributed by atoms with Crippen LogP contribution in [-0.4, -0.2) is 29.4 Å². The van der Waals surface area contributed by atoms with Gasteiger partial charge in [0.15, 0.2) is 5.84 Å². The van der Waals surface area contributed by atoms with Gasteiger partial charge in [-0.05, 0) is 18.2 Å². The molecule has 0 aliphatic heterocycles. The van der Waals surface area contributed by atoms with E-state index in [1.165, 1.54) is 0 Å². The maximum Gasteiger partial charge on any atom is 0.173 e. The Bertz CT molecular complexity index is 368. The van der Waals surface area contributed by atoms with Gasteiger partial charge in [0.05, 0.1) is 12.2 Å². The fourth-order valence-electron chi connectivity index (χ4n) is 1.04. The van der Waals surface area contributed by atoms with E-state index in [4.69, 9.17) is 20.8 Å². The molecule has 1 aromatic carbocycles. The number of amidine groups is 1. The Kier molecular flexibility index (Phi) is 4.38. The number of benzene rings is 1. The van der Waals surface area contributed by atoms with Gasteiger partial charge in [0.1, 0.15) is 12.4 Å². The number of nitrogens with two attached hydrogens (primary N) is 1. The van der Waals surface area contributed by atoms with Gasteiger partial charge in [0, 0.05) is 4.47 Å². The fourth-order valence-corrected chi connectivity index (χ4v) is 1.38. The summed E-state index contributed by atoms with van der Waals surface area (Å²) in [6, 6.07) is 5.09. The summed E-state index contributed by atoms with van der Waals surface area (Å²) < 4.78 is 6.05. The predicted octanol–water partition coefficient (Wildman–Crippen LogP) is 0.915. The lowest BCUT2D eigenvalue weighted by atomic mass is 10.2. The minimum Gasteiger partial charge on any atom is -0.490 e. The van der Waals surface area contributed by atoms with Crippen molar-refractivity contribution in [2.45, 2.75) is 0 Å². The van der Waals surface area contributed by atoms with Crippen molar-refractivity contribution in [1.29, 1.82) is 0 Å². The molecule has 15 heavy (non-hydrogen) atoms. The summed E-state index contributed by atoms with van der Waals surface area (Å²) in [4.78, 5) is 0. The summed E-state index contributed by atoms with van der Waals surface area (Å²) >= 11 is 3.27. The van der Waals surface area contributed by atoms with Crippen LogP contribution in [0.15, 0.2) is 27.8 Å². The Morgan fingerprint density at radius 1 is 1.53 bits per heavy atom. The van der Waals surface area contributed by atoms with Crippen LogP contribution < -0.4 is 10.5 Å². The lowest BCUT2D eigenvalue weighted by Gasteiger charge is -2.09. The van der Waals surface area contributed by atoms with Crippen LogP contribution in [0.25, 0.3) is 0 Å². The summed E-state index contributed by atoms with van der Waals surface area (Å²) in [6.07, 6.45) is 0. The lowest BCUT2D eigenvalue weighted by molar-refractivity contribution is 0.201. The van der Waals surface area contributed by atoms with Crippen LogP contribution in [0.4, 0.5) is 0 Å². The van der Waals surface area contributed by atoms with Crippen molar-refractivity contribution in [1.82, 2.24) is 0 Å². The Morgan fingerprint density at radius 2 is 2.27 bits per heavy atom. The number of ether oxygens (including phenoxy) is 1. The second-order valence-corrected chi connectivity index (χ2v) is 3.61. The van der Waals surface area contributed by atoms with E-state index in [-0.39, 0.29) is 19.0 Å². The van der Waals surface area contributed by atoms with Crippen LogP contribution in [0, 0.1) is 0 Å².